The molecule has 0 unspecified atom stereocenters. The van der Waals surface area contributed by atoms with Gasteiger partial charge in [0.05, 0.1) is 6.04 Å². The lowest BCUT2D eigenvalue weighted by Crippen LogP contribution is -2.46. The highest BCUT2D eigenvalue weighted by molar-refractivity contribution is 5.89. The Kier molecular flexibility index (Phi) is 2.72. The van der Waals surface area contributed by atoms with Gasteiger partial charge in [0.1, 0.15) is 0 Å². The molecule has 0 aliphatic carbocycles. The second-order valence-corrected chi connectivity index (χ2v) is 2.86. The van der Waals surface area contributed by atoms with E-state index >= 15 is 0 Å². The summed E-state index contributed by atoms with van der Waals surface area (Å²) in [6.45, 7) is 0.506. The van der Waals surface area contributed by atoms with Gasteiger partial charge in [-0.1, -0.05) is 6.42 Å². The third-order valence-corrected chi connectivity index (χ3v) is 1.91. The van der Waals surface area contributed by atoms with Crippen LogP contribution in [0.25, 0.3) is 0 Å². The van der Waals surface area contributed by atoms with Gasteiger partial charge in [-0.25, -0.2) is 0 Å². The largest absolute Gasteiger partial charge is 0.451 e. The average Bonchev–Trinajstić information content (AvgIpc) is 2.03. The number of hydrogen-bond acceptors (Lipinski definition) is 2. The van der Waals surface area contributed by atoms with E-state index in [1.165, 1.54) is 0 Å². The first kappa shape index (κ1) is 9.51. The summed E-state index contributed by atoms with van der Waals surface area (Å²) < 4.78 is 35.5. The molecule has 5 heteroatoms. The van der Waals surface area contributed by atoms with E-state index in [2.05, 4.69) is 5.32 Å². The van der Waals surface area contributed by atoms with Crippen LogP contribution in [0.1, 0.15) is 19.3 Å². The van der Waals surface area contributed by atoms with E-state index in [1.54, 1.807) is 0 Å². The van der Waals surface area contributed by atoms with Crippen LogP contribution in [0.2, 0.25) is 0 Å². The monoisotopic (exact) mass is 181 g/mol. The second-order valence-electron chi connectivity index (χ2n) is 2.86. The van der Waals surface area contributed by atoms with Crippen molar-refractivity contribution in [2.24, 2.45) is 0 Å². The molecule has 0 amide bonds. The van der Waals surface area contributed by atoms with Gasteiger partial charge in [0.2, 0.25) is 0 Å². The fourth-order valence-electron chi connectivity index (χ4n) is 1.27. The van der Waals surface area contributed by atoms with Crippen molar-refractivity contribution >= 4 is 5.78 Å². The molecule has 1 aliphatic rings. The number of rotatable bonds is 1. The molecule has 1 aliphatic heterocycles. The summed E-state index contributed by atoms with van der Waals surface area (Å²) in [7, 11) is 0. The Morgan fingerprint density at radius 3 is 2.42 bits per heavy atom. The van der Waals surface area contributed by atoms with Crippen LogP contribution in [0.15, 0.2) is 0 Å². The zero-order valence-corrected chi connectivity index (χ0v) is 6.45. The summed E-state index contributed by atoms with van der Waals surface area (Å²) >= 11 is 0. The van der Waals surface area contributed by atoms with Crippen LogP contribution in [0.3, 0.4) is 0 Å². The molecular formula is C7H10F3NO. The van der Waals surface area contributed by atoms with E-state index in [0.29, 0.717) is 19.4 Å². The Bertz CT molecular complexity index is 172. The van der Waals surface area contributed by atoms with Gasteiger partial charge in [0, 0.05) is 0 Å². The van der Waals surface area contributed by atoms with Crippen molar-refractivity contribution in [3.63, 3.8) is 0 Å². The Labute approximate surface area is 68.1 Å². The van der Waals surface area contributed by atoms with Gasteiger partial charge in [0.15, 0.2) is 0 Å². The molecule has 70 valence electrons. The average molecular weight is 181 g/mol. The molecule has 0 aromatic heterocycles. The number of nitrogens with one attached hydrogen (secondary N) is 1. The zero-order chi connectivity index (χ0) is 9.19. The predicted molar refractivity (Wildman–Crippen MR) is 36.7 cm³/mol. The summed E-state index contributed by atoms with van der Waals surface area (Å²) in [6.07, 6.45) is -2.84. The SMILES string of the molecule is O=C([C@H]1CCCCN1)C(F)(F)F. The number of Topliss-reactive ketones (excluding diaryl/α,β-unsaturated/α-hetero) is 1. The lowest BCUT2D eigenvalue weighted by Gasteiger charge is -2.22. The summed E-state index contributed by atoms with van der Waals surface area (Å²) in [5.74, 6) is -1.64. The van der Waals surface area contributed by atoms with Crippen molar-refractivity contribution in [1.29, 1.82) is 0 Å². The fraction of sp³-hybridized carbons (Fsp3) is 0.857. The van der Waals surface area contributed by atoms with Crippen molar-refractivity contribution in [1.82, 2.24) is 5.32 Å². The third-order valence-electron chi connectivity index (χ3n) is 1.91. The number of carbonyl (C=O) groups excluding carboxylic acids is 1. The van der Waals surface area contributed by atoms with E-state index in [-0.39, 0.29) is 0 Å². The number of carbonyl (C=O) groups is 1. The van der Waals surface area contributed by atoms with Gasteiger partial charge in [-0.15, -0.1) is 0 Å². The third kappa shape index (κ3) is 2.20. The van der Waals surface area contributed by atoms with Gasteiger partial charge < -0.3 is 5.32 Å². The summed E-state index contributed by atoms with van der Waals surface area (Å²) in [4.78, 5) is 10.6. The quantitative estimate of drug-likeness (QED) is 0.659. The van der Waals surface area contributed by atoms with E-state index in [4.69, 9.17) is 0 Å². The first-order valence-electron chi connectivity index (χ1n) is 3.86. The van der Waals surface area contributed by atoms with Gasteiger partial charge >= 0.3 is 6.18 Å². The number of hydrogen-bond donors (Lipinski definition) is 1. The topological polar surface area (TPSA) is 29.1 Å². The maximum absolute atomic E-state index is 11.8. The molecular weight excluding hydrogens is 171 g/mol. The van der Waals surface area contributed by atoms with E-state index < -0.39 is 18.0 Å². The van der Waals surface area contributed by atoms with Gasteiger partial charge in [-0.05, 0) is 19.4 Å². The van der Waals surface area contributed by atoms with Crippen LogP contribution >= 0.6 is 0 Å². The molecule has 1 rings (SSSR count). The second kappa shape index (κ2) is 3.43. The molecule has 1 saturated heterocycles. The molecule has 1 atom stereocenters. The number of halogens is 3. The molecule has 2 nitrogen and oxygen atoms in total. The predicted octanol–water partition coefficient (Wildman–Crippen LogP) is 1.26. The molecule has 1 N–H and O–H groups in total. The molecule has 0 bridgehead atoms. The maximum Gasteiger partial charge on any atom is 0.451 e. The molecule has 0 saturated carbocycles. The van der Waals surface area contributed by atoms with Crippen molar-refractivity contribution in [3.05, 3.63) is 0 Å². The normalized spacial score (nSPS) is 25.4. The number of piperidine rings is 1. The molecule has 0 aromatic rings. The minimum Gasteiger partial charge on any atom is -0.307 e. The molecule has 12 heavy (non-hydrogen) atoms. The highest BCUT2D eigenvalue weighted by Gasteiger charge is 2.43. The molecule has 0 aromatic carbocycles. The van der Waals surface area contributed by atoms with Gasteiger partial charge in [-0.2, -0.15) is 13.2 Å². The number of ketones is 1. The van der Waals surface area contributed by atoms with E-state index in [0.717, 1.165) is 6.42 Å². The lowest BCUT2D eigenvalue weighted by atomic mass is 10.0. The minimum atomic E-state index is -4.69. The van der Waals surface area contributed by atoms with Crippen LogP contribution in [-0.2, 0) is 4.79 Å². The van der Waals surface area contributed by atoms with Crippen molar-refractivity contribution in [2.45, 2.75) is 31.5 Å². The fourth-order valence-corrected chi connectivity index (χ4v) is 1.27. The highest BCUT2D eigenvalue weighted by Crippen LogP contribution is 2.21. The van der Waals surface area contributed by atoms with E-state index in [9.17, 15) is 18.0 Å². The van der Waals surface area contributed by atoms with Crippen LogP contribution in [0, 0.1) is 0 Å². The standard InChI is InChI=1S/C7H10F3NO/c8-7(9,10)6(12)5-3-1-2-4-11-5/h5,11H,1-4H2/t5-/m1/s1. The Balaban J connectivity index is 2.51. The van der Waals surface area contributed by atoms with Gasteiger partial charge in [-0.3, -0.25) is 4.79 Å². The van der Waals surface area contributed by atoms with Gasteiger partial charge in [0.25, 0.3) is 5.78 Å². The molecule has 1 heterocycles. The first-order valence-corrected chi connectivity index (χ1v) is 3.86. The van der Waals surface area contributed by atoms with Crippen LogP contribution in [0.4, 0.5) is 13.2 Å². The van der Waals surface area contributed by atoms with E-state index in [1.807, 2.05) is 0 Å². The molecule has 0 spiro atoms. The smallest absolute Gasteiger partial charge is 0.307 e. The van der Waals surface area contributed by atoms with Crippen molar-refractivity contribution < 1.29 is 18.0 Å². The Morgan fingerprint density at radius 1 is 1.33 bits per heavy atom. The minimum absolute atomic E-state index is 0.304. The van der Waals surface area contributed by atoms with Crippen LogP contribution in [-0.4, -0.2) is 24.5 Å². The highest BCUT2D eigenvalue weighted by atomic mass is 19.4. The summed E-state index contributed by atoms with van der Waals surface area (Å²) in [6, 6.07) is -1.00. The molecule has 0 radical (unpaired) electrons. The zero-order valence-electron chi connectivity index (χ0n) is 6.45. The first-order chi connectivity index (χ1) is 5.52. The van der Waals surface area contributed by atoms with Crippen molar-refractivity contribution in [2.75, 3.05) is 6.54 Å². The summed E-state index contributed by atoms with van der Waals surface area (Å²) in [5, 5.41) is 2.56. The summed E-state index contributed by atoms with van der Waals surface area (Å²) in [5.41, 5.74) is 0. The van der Waals surface area contributed by atoms with Crippen molar-refractivity contribution in [3.8, 4) is 0 Å². The number of alkyl halides is 3. The lowest BCUT2D eigenvalue weighted by molar-refractivity contribution is -0.173. The van der Waals surface area contributed by atoms with Crippen LogP contribution < -0.4 is 5.32 Å². The molecule has 1 fully saturated rings. The maximum atomic E-state index is 11.8. The Morgan fingerprint density at radius 2 is 2.00 bits per heavy atom. The Hall–Kier alpha value is -0.580. The van der Waals surface area contributed by atoms with Crippen LogP contribution in [0.5, 0.6) is 0 Å².